The Balaban J connectivity index is 0.00000392. The van der Waals surface area contributed by atoms with E-state index in [-0.39, 0.29) is 35.6 Å². The predicted molar refractivity (Wildman–Crippen MR) is 114 cm³/mol. The summed E-state index contributed by atoms with van der Waals surface area (Å²) >= 11 is 6.10. The number of ether oxygens (including phenoxy) is 1. The van der Waals surface area contributed by atoms with E-state index < -0.39 is 6.04 Å². The van der Waals surface area contributed by atoms with Gasteiger partial charge in [0.05, 0.1) is 17.2 Å². The summed E-state index contributed by atoms with van der Waals surface area (Å²) in [6.07, 6.45) is 1.89. The second-order valence-corrected chi connectivity index (χ2v) is 7.98. The van der Waals surface area contributed by atoms with Gasteiger partial charge in [-0.25, -0.2) is 0 Å². The molecule has 6 nitrogen and oxygen atoms in total. The van der Waals surface area contributed by atoms with E-state index >= 15 is 0 Å². The van der Waals surface area contributed by atoms with Crippen LogP contribution < -0.4 is 16.0 Å². The molecule has 0 radical (unpaired) electrons. The van der Waals surface area contributed by atoms with Gasteiger partial charge in [-0.3, -0.25) is 9.59 Å². The third-order valence-electron chi connectivity index (χ3n) is 5.11. The van der Waals surface area contributed by atoms with Crippen molar-refractivity contribution in [2.24, 2.45) is 11.3 Å². The second-order valence-electron chi connectivity index (χ2n) is 7.58. The molecule has 0 aliphatic carbocycles. The van der Waals surface area contributed by atoms with Crippen LogP contribution in [0.2, 0.25) is 5.02 Å². The summed E-state index contributed by atoms with van der Waals surface area (Å²) in [6.45, 7) is 6.78. The van der Waals surface area contributed by atoms with Crippen molar-refractivity contribution in [3.05, 3.63) is 34.9 Å². The van der Waals surface area contributed by atoms with Gasteiger partial charge in [0.2, 0.25) is 5.91 Å². The molecule has 1 aromatic carbocycles. The molecule has 0 saturated carbocycles. The molecule has 2 rings (SSSR count). The maximum absolute atomic E-state index is 12.8. The van der Waals surface area contributed by atoms with Crippen molar-refractivity contribution in [2.45, 2.75) is 32.7 Å². The smallest absolute Gasteiger partial charge is 0.253 e. The molecule has 2 amide bonds. The van der Waals surface area contributed by atoms with Crippen LogP contribution in [-0.2, 0) is 9.53 Å². The molecule has 8 heteroatoms. The van der Waals surface area contributed by atoms with Gasteiger partial charge in [-0.05, 0) is 44.0 Å². The van der Waals surface area contributed by atoms with Gasteiger partial charge in [0.1, 0.15) is 6.04 Å². The number of nitrogens with one attached hydrogen (secondary N) is 3. The number of hydrogen-bond donors (Lipinski definition) is 3. The molecule has 0 spiro atoms. The van der Waals surface area contributed by atoms with Crippen molar-refractivity contribution < 1.29 is 14.3 Å². The Labute approximate surface area is 178 Å². The first kappa shape index (κ1) is 24.7. The van der Waals surface area contributed by atoms with Crippen molar-refractivity contribution in [3.63, 3.8) is 0 Å². The number of halogens is 2. The van der Waals surface area contributed by atoms with Crippen LogP contribution in [0.4, 0.5) is 0 Å². The number of benzene rings is 1. The molecule has 1 aliphatic heterocycles. The summed E-state index contributed by atoms with van der Waals surface area (Å²) in [5.74, 6) is -0.579. The fourth-order valence-corrected chi connectivity index (χ4v) is 3.64. The molecule has 158 valence electrons. The van der Waals surface area contributed by atoms with Gasteiger partial charge < -0.3 is 20.7 Å². The summed E-state index contributed by atoms with van der Waals surface area (Å²) in [5.41, 5.74) is 0.302. The van der Waals surface area contributed by atoms with Crippen molar-refractivity contribution in [1.82, 2.24) is 16.0 Å². The van der Waals surface area contributed by atoms with Crippen LogP contribution in [0.15, 0.2) is 24.3 Å². The van der Waals surface area contributed by atoms with Gasteiger partial charge in [0, 0.05) is 19.1 Å². The Morgan fingerprint density at radius 1 is 1.25 bits per heavy atom. The summed E-state index contributed by atoms with van der Waals surface area (Å²) in [5, 5.41) is 9.57. The predicted octanol–water partition coefficient (Wildman–Crippen LogP) is 2.65. The normalized spacial score (nSPS) is 16.8. The van der Waals surface area contributed by atoms with E-state index in [1.54, 1.807) is 31.4 Å². The lowest BCUT2D eigenvalue weighted by atomic mass is 9.79. The number of methoxy groups -OCH3 is 1. The van der Waals surface area contributed by atoms with Crippen molar-refractivity contribution in [3.8, 4) is 0 Å². The first-order valence-electron chi connectivity index (χ1n) is 9.41. The van der Waals surface area contributed by atoms with E-state index in [0.717, 1.165) is 25.9 Å². The Bertz CT molecular complexity index is 644. The topological polar surface area (TPSA) is 79.5 Å². The second kappa shape index (κ2) is 11.6. The average Bonchev–Trinajstić information content (AvgIpc) is 2.65. The van der Waals surface area contributed by atoms with Crippen LogP contribution in [0, 0.1) is 11.3 Å². The van der Waals surface area contributed by atoms with E-state index in [1.807, 2.05) is 13.8 Å². The number of piperidine rings is 1. The fourth-order valence-electron chi connectivity index (χ4n) is 3.42. The Morgan fingerprint density at radius 2 is 1.89 bits per heavy atom. The fraction of sp³-hybridized carbons (Fsp3) is 0.600. The van der Waals surface area contributed by atoms with E-state index in [9.17, 15) is 9.59 Å². The molecule has 3 N–H and O–H groups in total. The molecule has 1 fully saturated rings. The zero-order chi connectivity index (χ0) is 19.9. The highest BCUT2D eigenvalue weighted by Gasteiger charge is 2.34. The molecule has 0 bridgehead atoms. The highest BCUT2D eigenvalue weighted by atomic mass is 35.5. The van der Waals surface area contributed by atoms with E-state index in [2.05, 4.69) is 16.0 Å². The molecule has 1 unspecified atom stereocenters. The quantitative estimate of drug-likeness (QED) is 0.590. The van der Waals surface area contributed by atoms with Crippen LogP contribution in [0.25, 0.3) is 0 Å². The van der Waals surface area contributed by atoms with Crippen LogP contribution in [0.1, 0.15) is 37.0 Å². The monoisotopic (exact) mass is 431 g/mol. The van der Waals surface area contributed by atoms with Gasteiger partial charge in [0.25, 0.3) is 5.91 Å². The Kier molecular flexibility index (Phi) is 10.2. The Hall–Kier alpha value is -1.34. The number of carbonyl (C=O) groups excluding carboxylic acids is 2. The summed E-state index contributed by atoms with van der Waals surface area (Å²) in [7, 11) is 1.69. The number of amides is 2. The van der Waals surface area contributed by atoms with Crippen LogP contribution >= 0.6 is 24.0 Å². The maximum Gasteiger partial charge on any atom is 0.253 e. The van der Waals surface area contributed by atoms with Crippen molar-refractivity contribution in [2.75, 3.05) is 33.4 Å². The molecule has 1 aromatic rings. The molecule has 1 aliphatic rings. The van der Waals surface area contributed by atoms with Crippen molar-refractivity contribution in [1.29, 1.82) is 0 Å². The largest absolute Gasteiger partial charge is 0.384 e. The zero-order valence-electron chi connectivity index (χ0n) is 16.7. The van der Waals surface area contributed by atoms with Crippen LogP contribution in [0.3, 0.4) is 0 Å². The maximum atomic E-state index is 12.8. The first-order valence-corrected chi connectivity index (χ1v) is 9.79. The van der Waals surface area contributed by atoms with Crippen LogP contribution in [0.5, 0.6) is 0 Å². The first-order chi connectivity index (χ1) is 12.9. The average molecular weight is 432 g/mol. The summed E-state index contributed by atoms with van der Waals surface area (Å²) < 4.78 is 5.40. The molecule has 1 saturated heterocycles. The lowest BCUT2D eigenvalue weighted by Crippen LogP contribution is -2.53. The van der Waals surface area contributed by atoms with Gasteiger partial charge >= 0.3 is 0 Å². The molecular weight excluding hydrogens is 401 g/mol. The van der Waals surface area contributed by atoms with Gasteiger partial charge in [-0.1, -0.05) is 37.6 Å². The standard InChI is InChI=1S/C20H30ClN3O3.ClH/c1-14(2)17(24-18(25)15-6-4-5-7-16(15)21)19(26)23-12-20(13-27-3)8-10-22-11-9-20;/h4-7,14,17,22H,8-13H2,1-3H3,(H,23,26)(H,24,25);1H. The highest BCUT2D eigenvalue weighted by Crippen LogP contribution is 2.28. The Morgan fingerprint density at radius 3 is 2.46 bits per heavy atom. The lowest BCUT2D eigenvalue weighted by Gasteiger charge is -2.37. The number of rotatable bonds is 8. The van der Waals surface area contributed by atoms with E-state index in [1.165, 1.54) is 0 Å². The molecule has 1 atom stereocenters. The molecule has 1 heterocycles. The third kappa shape index (κ3) is 6.62. The van der Waals surface area contributed by atoms with Crippen LogP contribution in [-0.4, -0.2) is 51.2 Å². The van der Waals surface area contributed by atoms with E-state index in [0.29, 0.717) is 23.7 Å². The summed E-state index contributed by atoms with van der Waals surface area (Å²) in [6, 6.07) is 6.19. The highest BCUT2D eigenvalue weighted by molar-refractivity contribution is 6.33. The van der Waals surface area contributed by atoms with Gasteiger partial charge in [-0.2, -0.15) is 0 Å². The number of hydrogen-bond acceptors (Lipinski definition) is 4. The molecule has 0 aromatic heterocycles. The lowest BCUT2D eigenvalue weighted by molar-refractivity contribution is -0.124. The molecule has 28 heavy (non-hydrogen) atoms. The minimum absolute atomic E-state index is 0. The third-order valence-corrected chi connectivity index (χ3v) is 5.44. The van der Waals surface area contributed by atoms with E-state index in [4.69, 9.17) is 16.3 Å². The van der Waals surface area contributed by atoms with Gasteiger partial charge in [0.15, 0.2) is 0 Å². The zero-order valence-corrected chi connectivity index (χ0v) is 18.3. The SMILES string of the molecule is COCC1(CNC(=O)C(NC(=O)c2ccccc2Cl)C(C)C)CCNCC1.Cl. The summed E-state index contributed by atoms with van der Waals surface area (Å²) in [4.78, 5) is 25.4. The van der Waals surface area contributed by atoms with Gasteiger partial charge in [-0.15, -0.1) is 12.4 Å². The van der Waals surface area contributed by atoms with Crippen molar-refractivity contribution >= 4 is 35.8 Å². The molecular formula is C20H31Cl2N3O3. The minimum atomic E-state index is -0.630. The number of carbonyl (C=O) groups is 2. The minimum Gasteiger partial charge on any atom is -0.384 e.